The standard InChI is InChI=1S/C24H35N7O3/c1-9-30(10-2)20-11-18(26-16(4)33)19(12-21(20)34-8)27-28-23-17(13-25)22(24(5,6)7)29-31(23)14-15(3)32/h11-12,15,32H,9-10,14H2,1-8H3,(H,26,33). The summed E-state index contributed by atoms with van der Waals surface area (Å²) in [5.74, 6) is 0.577. The fourth-order valence-corrected chi connectivity index (χ4v) is 3.57. The molecule has 0 aliphatic heterocycles. The Morgan fingerprint density at radius 2 is 1.97 bits per heavy atom. The first kappa shape index (κ1) is 26.8. The molecule has 1 atom stereocenters. The molecule has 1 amide bonds. The normalized spacial score (nSPS) is 12.5. The number of aromatic nitrogens is 2. The van der Waals surface area contributed by atoms with Crippen LogP contribution in [0, 0.1) is 11.3 Å². The van der Waals surface area contributed by atoms with Crippen LogP contribution in [0.25, 0.3) is 0 Å². The summed E-state index contributed by atoms with van der Waals surface area (Å²) in [5, 5.41) is 35.9. The van der Waals surface area contributed by atoms with E-state index in [0.717, 1.165) is 18.8 Å². The molecule has 184 valence electrons. The number of anilines is 2. The van der Waals surface area contributed by atoms with E-state index in [0.29, 0.717) is 28.4 Å². The second-order valence-corrected chi connectivity index (χ2v) is 9.03. The number of carbonyl (C=O) groups excluding carboxylic acids is 1. The van der Waals surface area contributed by atoms with E-state index in [9.17, 15) is 15.2 Å². The van der Waals surface area contributed by atoms with Gasteiger partial charge in [0.2, 0.25) is 5.91 Å². The summed E-state index contributed by atoms with van der Waals surface area (Å²) in [5.41, 5.74) is 2.12. The van der Waals surface area contributed by atoms with E-state index in [4.69, 9.17) is 4.74 Å². The van der Waals surface area contributed by atoms with Crippen molar-refractivity contribution in [3.05, 3.63) is 23.4 Å². The highest BCUT2D eigenvalue weighted by atomic mass is 16.5. The highest BCUT2D eigenvalue weighted by molar-refractivity contribution is 5.93. The molecule has 0 saturated heterocycles. The molecule has 1 aromatic carbocycles. The van der Waals surface area contributed by atoms with Gasteiger partial charge in [0, 0.05) is 31.5 Å². The van der Waals surface area contributed by atoms with Crippen molar-refractivity contribution in [2.75, 3.05) is 30.4 Å². The summed E-state index contributed by atoms with van der Waals surface area (Å²) >= 11 is 0. The largest absolute Gasteiger partial charge is 0.494 e. The van der Waals surface area contributed by atoms with Crippen molar-refractivity contribution in [2.24, 2.45) is 10.2 Å². The second kappa shape index (κ2) is 11.1. The van der Waals surface area contributed by atoms with Crippen LogP contribution >= 0.6 is 0 Å². The molecule has 0 bridgehead atoms. The van der Waals surface area contributed by atoms with Crippen molar-refractivity contribution in [1.29, 1.82) is 5.26 Å². The Morgan fingerprint density at radius 1 is 1.32 bits per heavy atom. The molecule has 0 spiro atoms. The van der Waals surface area contributed by atoms with Gasteiger partial charge >= 0.3 is 0 Å². The molecule has 34 heavy (non-hydrogen) atoms. The van der Waals surface area contributed by atoms with Crippen molar-refractivity contribution < 1.29 is 14.6 Å². The van der Waals surface area contributed by atoms with Crippen LogP contribution in [-0.2, 0) is 16.8 Å². The molecule has 2 rings (SSSR count). The summed E-state index contributed by atoms with van der Waals surface area (Å²) in [6.07, 6.45) is -0.698. The second-order valence-electron chi connectivity index (χ2n) is 9.03. The third kappa shape index (κ3) is 6.11. The van der Waals surface area contributed by atoms with Crippen LogP contribution in [0.1, 0.15) is 59.7 Å². The van der Waals surface area contributed by atoms with Gasteiger partial charge in [-0.1, -0.05) is 20.8 Å². The fraction of sp³-hybridized carbons (Fsp3) is 0.542. The molecule has 2 N–H and O–H groups in total. The van der Waals surface area contributed by atoms with E-state index < -0.39 is 11.5 Å². The van der Waals surface area contributed by atoms with Crippen LogP contribution in [0.3, 0.4) is 0 Å². The molecule has 0 fully saturated rings. The first-order valence-corrected chi connectivity index (χ1v) is 11.3. The van der Waals surface area contributed by atoms with E-state index in [1.54, 1.807) is 26.2 Å². The number of azo groups is 1. The molecular formula is C24H35N7O3. The van der Waals surface area contributed by atoms with Crippen molar-refractivity contribution in [3.8, 4) is 11.8 Å². The van der Waals surface area contributed by atoms with Crippen LogP contribution < -0.4 is 15.0 Å². The van der Waals surface area contributed by atoms with Crippen LogP contribution in [0.2, 0.25) is 0 Å². The Kier molecular flexibility index (Phi) is 8.76. The number of amides is 1. The zero-order chi connectivity index (χ0) is 25.6. The van der Waals surface area contributed by atoms with E-state index in [1.165, 1.54) is 11.6 Å². The average molecular weight is 470 g/mol. The lowest BCUT2D eigenvalue weighted by Gasteiger charge is -2.24. The maximum absolute atomic E-state index is 11.9. The number of methoxy groups -OCH3 is 1. The molecule has 2 aromatic rings. The van der Waals surface area contributed by atoms with Gasteiger partial charge in [-0.05, 0) is 26.8 Å². The number of ether oxygens (including phenoxy) is 1. The predicted molar refractivity (Wildman–Crippen MR) is 132 cm³/mol. The van der Waals surface area contributed by atoms with Gasteiger partial charge in [0.05, 0.1) is 36.8 Å². The highest BCUT2D eigenvalue weighted by Gasteiger charge is 2.27. The van der Waals surface area contributed by atoms with Gasteiger partial charge in [-0.15, -0.1) is 10.2 Å². The number of rotatable bonds is 9. The number of benzene rings is 1. The van der Waals surface area contributed by atoms with Crippen LogP contribution in [0.4, 0.5) is 22.9 Å². The minimum absolute atomic E-state index is 0.155. The molecule has 10 heteroatoms. The third-order valence-electron chi connectivity index (χ3n) is 5.15. The quantitative estimate of drug-likeness (QED) is 0.514. The monoisotopic (exact) mass is 469 g/mol. The van der Waals surface area contributed by atoms with Gasteiger partial charge in [0.1, 0.15) is 23.1 Å². The molecular weight excluding hydrogens is 434 g/mol. The Hall–Kier alpha value is -3.45. The van der Waals surface area contributed by atoms with Crippen LogP contribution in [0.15, 0.2) is 22.4 Å². The van der Waals surface area contributed by atoms with E-state index in [1.807, 2.05) is 34.6 Å². The summed E-state index contributed by atoms with van der Waals surface area (Å²) < 4.78 is 7.09. The lowest BCUT2D eigenvalue weighted by atomic mass is 9.90. The number of hydrogen-bond acceptors (Lipinski definition) is 8. The maximum atomic E-state index is 11.9. The summed E-state index contributed by atoms with van der Waals surface area (Å²) in [7, 11) is 1.57. The van der Waals surface area contributed by atoms with Crippen LogP contribution in [-0.4, -0.2) is 47.1 Å². The SMILES string of the molecule is CCN(CC)c1cc(NC(C)=O)c(N=Nc2c(C#N)c(C(C)(C)C)nn2CC(C)O)cc1OC. The lowest BCUT2D eigenvalue weighted by molar-refractivity contribution is -0.114. The minimum Gasteiger partial charge on any atom is -0.494 e. The first-order chi connectivity index (χ1) is 16.0. The smallest absolute Gasteiger partial charge is 0.221 e. The van der Waals surface area contributed by atoms with Crippen molar-refractivity contribution >= 4 is 28.8 Å². The molecule has 10 nitrogen and oxygen atoms in total. The zero-order valence-corrected chi connectivity index (χ0v) is 21.3. The van der Waals surface area contributed by atoms with Crippen molar-refractivity contribution in [1.82, 2.24) is 9.78 Å². The Bertz CT molecular complexity index is 1090. The van der Waals surface area contributed by atoms with Gasteiger partial charge in [-0.3, -0.25) is 4.79 Å². The average Bonchev–Trinajstić information content (AvgIpc) is 3.10. The van der Waals surface area contributed by atoms with Gasteiger partial charge < -0.3 is 20.1 Å². The number of nitrogens with zero attached hydrogens (tertiary/aromatic N) is 6. The molecule has 0 saturated carbocycles. The Labute approximate surface area is 201 Å². The van der Waals surface area contributed by atoms with E-state index in [2.05, 4.69) is 31.6 Å². The predicted octanol–water partition coefficient (Wildman–Crippen LogP) is 4.66. The van der Waals surface area contributed by atoms with E-state index in [-0.39, 0.29) is 18.3 Å². The maximum Gasteiger partial charge on any atom is 0.221 e. The van der Waals surface area contributed by atoms with E-state index >= 15 is 0 Å². The molecule has 0 aliphatic rings. The Balaban J connectivity index is 2.71. The lowest BCUT2D eigenvalue weighted by Crippen LogP contribution is -2.22. The molecule has 0 radical (unpaired) electrons. The zero-order valence-electron chi connectivity index (χ0n) is 21.3. The van der Waals surface area contributed by atoms with Gasteiger partial charge in [-0.2, -0.15) is 10.4 Å². The molecule has 1 unspecified atom stereocenters. The van der Waals surface area contributed by atoms with Gasteiger partial charge in [0.25, 0.3) is 0 Å². The van der Waals surface area contributed by atoms with Gasteiger partial charge in [-0.25, -0.2) is 4.68 Å². The molecule has 0 aliphatic carbocycles. The summed E-state index contributed by atoms with van der Waals surface area (Å²) in [4.78, 5) is 14.0. The topological polar surface area (TPSA) is 128 Å². The number of hydrogen-bond donors (Lipinski definition) is 2. The third-order valence-corrected chi connectivity index (χ3v) is 5.15. The number of carbonyl (C=O) groups is 1. The van der Waals surface area contributed by atoms with Crippen molar-refractivity contribution in [3.63, 3.8) is 0 Å². The van der Waals surface area contributed by atoms with Gasteiger partial charge in [0.15, 0.2) is 5.82 Å². The van der Waals surface area contributed by atoms with Crippen molar-refractivity contribution in [2.45, 2.75) is 66.5 Å². The van der Waals surface area contributed by atoms with Crippen LogP contribution in [0.5, 0.6) is 5.75 Å². The molecule has 1 heterocycles. The minimum atomic E-state index is -0.698. The summed E-state index contributed by atoms with van der Waals surface area (Å²) in [6, 6.07) is 5.70. The Morgan fingerprint density at radius 3 is 2.44 bits per heavy atom. The number of aliphatic hydroxyl groups is 1. The highest BCUT2D eigenvalue weighted by Crippen LogP contribution is 2.40. The number of nitrogens with one attached hydrogen (secondary N) is 1. The fourth-order valence-electron chi connectivity index (χ4n) is 3.57. The summed E-state index contributed by atoms with van der Waals surface area (Å²) in [6.45, 7) is 14.7. The number of nitriles is 1. The first-order valence-electron chi connectivity index (χ1n) is 11.3. The number of aliphatic hydroxyl groups excluding tert-OH is 1. The molecule has 1 aromatic heterocycles.